The van der Waals surface area contributed by atoms with Crippen LogP contribution in [0.3, 0.4) is 0 Å². The van der Waals surface area contributed by atoms with Crippen molar-refractivity contribution < 1.29 is 52.9 Å². The number of aliphatic hydroxyl groups is 2. The van der Waals surface area contributed by atoms with E-state index in [0.717, 1.165) is 57.9 Å². The molecule has 0 rings (SSSR count). The van der Waals surface area contributed by atoms with Gasteiger partial charge in [-0.15, -0.1) is 0 Å². The molecule has 0 aliphatic rings. The van der Waals surface area contributed by atoms with Gasteiger partial charge < -0.3 is 31.3 Å². The number of rotatable bonds is 22. The van der Waals surface area contributed by atoms with Crippen molar-refractivity contribution in [2.45, 2.75) is 141 Å². The molecule has 0 aliphatic heterocycles. The summed E-state index contributed by atoms with van der Waals surface area (Å²) in [5, 5.41) is 39.8. The Bertz CT molecular complexity index is 755. The van der Waals surface area contributed by atoms with E-state index in [2.05, 4.69) is 26.0 Å². The van der Waals surface area contributed by atoms with Gasteiger partial charge in [-0.25, -0.2) is 0 Å². The Morgan fingerprint density at radius 3 is 1.67 bits per heavy atom. The molecule has 0 amide bonds. The zero-order valence-corrected chi connectivity index (χ0v) is 26.8. The molecule has 0 aromatic carbocycles. The molecule has 0 heterocycles. The molecule has 13 heteroatoms. The zero-order chi connectivity index (χ0) is 33.2. The van der Waals surface area contributed by atoms with Crippen LogP contribution in [0.15, 0.2) is 12.2 Å². The Morgan fingerprint density at radius 1 is 0.762 bits per heavy atom. The van der Waals surface area contributed by atoms with Crippen LogP contribution in [0.1, 0.15) is 130 Å². The summed E-state index contributed by atoms with van der Waals surface area (Å²) >= 11 is 0. The van der Waals surface area contributed by atoms with Gasteiger partial charge in [0.2, 0.25) is 0 Å². The molecule has 2 atom stereocenters. The fourth-order valence-electron chi connectivity index (χ4n) is 3.24. The fourth-order valence-corrected chi connectivity index (χ4v) is 3.85. The first-order valence-corrected chi connectivity index (χ1v) is 16.5. The summed E-state index contributed by atoms with van der Waals surface area (Å²) in [4.78, 5) is 30.3. The molecule has 0 saturated carbocycles. The SMILES string of the molecule is CCCCCCC(O)C/C=C\CCCCCCCC(=O)O.CCCCCN.CCO.O=C(O)CC(C(=O)O)S(=O)(=O)O. The summed E-state index contributed by atoms with van der Waals surface area (Å²) in [6.45, 7) is 7.16. The van der Waals surface area contributed by atoms with Gasteiger partial charge in [-0.05, 0) is 52.0 Å². The maximum Gasteiger partial charge on any atom is 0.325 e. The second-order valence-electron chi connectivity index (χ2n) is 9.66. The van der Waals surface area contributed by atoms with Crippen LogP contribution in [-0.4, -0.2) is 80.9 Å². The minimum absolute atomic E-state index is 0.172. The van der Waals surface area contributed by atoms with E-state index in [1.165, 1.54) is 44.9 Å². The fraction of sp³-hybridized carbons (Fsp3) is 0.828. The third-order valence-corrected chi connectivity index (χ3v) is 6.62. The van der Waals surface area contributed by atoms with E-state index in [-0.39, 0.29) is 12.7 Å². The van der Waals surface area contributed by atoms with Crippen molar-refractivity contribution in [1.82, 2.24) is 0 Å². The molecule has 12 nitrogen and oxygen atoms in total. The van der Waals surface area contributed by atoms with E-state index in [9.17, 15) is 27.9 Å². The minimum Gasteiger partial charge on any atom is -0.481 e. The summed E-state index contributed by atoms with van der Waals surface area (Å²) < 4.78 is 28.7. The Hall–Kier alpha value is -2.06. The number of aliphatic hydroxyl groups excluding tert-OH is 2. The van der Waals surface area contributed by atoms with E-state index in [0.29, 0.717) is 6.42 Å². The second-order valence-corrected chi connectivity index (χ2v) is 11.3. The van der Waals surface area contributed by atoms with Crippen LogP contribution >= 0.6 is 0 Å². The summed E-state index contributed by atoms with van der Waals surface area (Å²) in [5.74, 6) is -4.19. The molecule has 0 fully saturated rings. The lowest BCUT2D eigenvalue weighted by atomic mass is 10.1. The Kier molecular flexibility index (Phi) is 39.2. The molecule has 0 aromatic rings. The van der Waals surface area contributed by atoms with E-state index in [1.54, 1.807) is 6.92 Å². The Morgan fingerprint density at radius 2 is 1.26 bits per heavy atom. The maximum atomic E-state index is 10.3. The standard InChI is InChI=1S/C18H34O3.C5H13N.C4H6O7S.C2H6O/c1-2-3-4-11-14-17(19)15-12-9-7-5-6-8-10-13-16-18(20)21;1-2-3-4-5-6;5-3(6)1-2(4(7)8)12(9,10)11;1-2-3/h9,12,17,19H,2-8,10-11,13-16H2,1H3,(H,20,21);2-6H2,1H3;2H,1H2,(H,5,6)(H,7,8)(H,9,10,11);3H,2H2,1H3/b12-9-;;;. The lowest BCUT2D eigenvalue weighted by Crippen LogP contribution is -2.31. The molecular weight excluding hydrogens is 570 g/mol. The van der Waals surface area contributed by atoms with Gasteiger partial charge in [0, 0.05) is 13.0 Å². The largest absolute Gasteiger partial charge is 0.481 e. The maximum absolute atomic E-state index is 10.3. The van der Waals surface area contributed by atoms with Gasteiger partial charge in [-0.3, -0.25) is 18.9 Å². The number of hydrogen-bond acceptors (Lipinski definition) is 8. The minimum atomic E-state index is -4.84. The first-order chi connectivity index (χ1) is 19.7. The van der Waals surface area contributed by atoms with Crippen LogP contribution in [0.4, 0.5) is 0 Å². The molecule has 0 radical (unpaired) electrons. The summed E-state index contributed by atoms with van der Waals surface area (Å²) in [5.41, 5.74) is 5.21. The lowest BCUT2D eigenvalue weighted by molar-refractivity contribution is -0.143. The van der Waals surface area contributed by atoms with Crippen molar-refractivity contribution in [2.24, 2.45) is 5.73 Å². The number of unbranched alkanes of at least 4 members (excludes halogenated alkanes) is 10. The van der Waals surface area contributed by atoms with Crippen LogP contribution in [0.2, 0.25) is 0 Å². The van der Waals surface area contributed by atoms with E-state index >= 15 is 0 Å². The molecule has 0 spiro atoms. The van der Waals surface area contributed by atoms with Gasteiger partial charge in [-0.2, -0.15) is 8.42 Å². The number of hydrogen-bond donors (Lipinski definition) is 7. The van der Waals surface area contributed by atoms with E-state index in [1.807, 2.05) is 0 Å². The van der Waals surface area contributed by atoms with Crippen LogP contribution < -0.4 is 5.73 Å². The highest BCUT2D eigenvalue weighted by Gasteiger charge is 2.33. The third-order valence-electron chi connectivity index (χ3n) is 5.53. The van der Waals surface area contributed by atoms with Gasteiger partial charge >= 0.3 is 17.9 Å². The van der Waals surface area contributed by atoms with E-state index < -0.39 is 39.7 Å². The van der Waals surface area contributed by atoms with Gasteiger partial charge in [-0.1, -0.05) is 83.8 Å². The first-order valence-electron chi connectivity index (χ1n) is 15.0. The van der Waals surface area contributed by atoms with Crippen molar-refractivity contribution in [2.75, 3.05) is 13.2 Å². The average molecular weight is 630 g/mol. The van der Waals surface area contributed by atoms with Crippen LogP contribution in [0.5, 0.6) is 0 Å². The number of allylic oxidation sites excluding steroid dienone is 1. The normalized spacial score (nSPS) is 12.1. The Labute approximate surface area is 253 Å². The average Bonchev–Trinajstić information content (AvgIpc) is 2.90. The highest BCUT2D eigenvalue weighted by molar-refractivity contribution is 7.87. The molecule has 252 valence electrons. The predicted molar refractivity (Wildman–Crippen MR) is 165 cm³/mol. The number of aliphatic carboxylic acids is 3. The van der Waals surface area contributed by atoms with Crippen LogP contribution in [0.25, 0.3) is 0 Å². The van der Waals surface area contributed by atoms with Gasteiger partial charge in [0.25, 0.3) is 10.1 Å². The summed E-state index contributed by atoms with van der Waals surface area (Å²) in [6.07, 6.45) is 20.0. The third kappa shape index (κ3) is 44.9. The predicted octanol–water partition coefficient (Wildman–Crippen LogP) is 5.02. The molecular formula is C29H59NO11S. The number of carbonyl (C=O) groups is 3. The van der Waals surface area contributed by atoms with Crippen molar-refractivity contribution in [3.63, 3.8) is 0 Å². The highest BCUT2D eigenvalue weighted by Crippen LogP contribution is 2.10. The molecule has 0 bridgehead atoms. The van der Waals surface area contributed by atoms with Crippen LogP contribution in [-0.2, 0) is 24.5 Å². The smallest absolute Gasteiger partial charge is 0.325 e. The number of carboxylic acids is 3. The number of carboxylic acid groups (broad SMARTS) is 3. The second kappa shape index (κ2) is 35.1. The van der Waals surface area contributed by atoms with Crippen molar-refractivity contribution in [1.29, 1.82) is 0 Å². The summed E-state index contributed by atoms with van der Waals surface area (Å²) in [7, 11) is -4.84. The topological polar surface area (TPSA) is 233 Å². The van der Waals surface area contributed by atoms with Crippen molar-refractivity contribution >= 4 is 28.0 Å². The van der Waals surface area contributed by atoms with Gasteiger partial charge in [0.05, 0.1) is 12.5 Å². The molecule has 0 saturated heterocycles. The lowest BCUT2D eigenvalue weighted by Gasteiger charge is -2.07. The van der Waals surface area contributed by atoms with Crippen LogP contribution in [0, 0.1) is 0 Å². The zero-order valence-electron chi connectivity index (χ0n) is 26.0. The summed E-state index contributed by atoms with van der Waals surface area (Å²) in [6, 6.07) is 0. The van der Waals surface area contributed by atoms with Gasteiger partial charge in [0.1, 0.15) is 0 Å². The molecule has 42 heavy (non-hydrogen) atoms. The monoisotopic (exact) mass is 629 g/mol. The van der Waals surface area contributed by atoms with Gasteiger partial charge in [0.15, 0.2) is 5.25 Å². The van der Waals surface area contributed by atoms with Crippen molar-refractivity contribution in [3.05, 3.63) is 12.2 Å². The first kappa shape index (κ1) is 46.9. The van der Waals surface area contributed by atoms with E-state index in [4.69, 9.17) is 30.7 Å². The number of nitrogens with two attached hydrogens (primary N) is 1. The molecule has 0 aliphatic carbocycles. The Balaban J connectivity index is -0.000000287. The molecule has 2 unspecified atom stereocenters. The molecule has 0 aromatic heterocycles. The molecule has 8 N–H and O–H groups in total. The quantitative estimate of drug-likeness (QED) is 0.0475. The highest BCUT2D eigenvalue weighted by atomic mass is 32.2. The van der Waals surface area contributed by atoms with Crippen molar-refractivity contribution in [3.8, 4) is 0 Å².